The highest BCUT2D eigenvalue weighted by atomic mass is 35.5. The molecule has 8 nitrogen and oxygen atoms in total. The highest BCUT2D eigenvalue weighted by molar-refractivity contribution is 7.92. The van der Waals surface area contributed by atoms with Crippen molar-refractivity contribution in [3.8, 4) is 5.75 Å². The van der Waals surface area contributed by atoms with Gasteiger partial charge in [0.15, 0.2) is 0 Å². The van der Waals surface area contributed by atoms with Crippen LogP contribution < -0.4 is 14.4 Å². The van der Waals surface area contributed by atoms with E-state index in [1.54, 1.807) is 56.3 Å². The SMILES string of the molecule is CCNC(=O)[C@@H](Cc1ccccc1)N(Cc1cccc(Cl)c1)C(=O)CN(c1ccccc1OCC)S(C)(=O)=O. The van der Waals surface area contributed by atoms with Crippen LogP contribution in [-0.4, -0.2) is 57.1 Å². The summed E-state index contributed by atoms with van der Waals surface area (Å²) in [6.07, 6.45) is 1.28. The molecule has 3 aromatic rings. The molecule has 1 N–H and O–H groups in total. The molecule has 1 atom stereocenters. The number of para-hydroxylation sites is 2. The molecule has 0 aromatic heterocycles. The van der Waals surface area contributed by atoms with E-state index < -0.39 is 28.5 Å². The maximum atomic E-state index is 14.0. The summed E-state index contributed by atoms with van der Waals surface area (Å²) in [5.74, 6) is -0.541. The Kier molecular flexibility index (Phi) is 10.8. The molecule has 208 valence electrons. The molecule has 0 heterocycles. The number of rotatable bonds is 13. The van der Waals surface area contributed by atoms with Crippen LogP contribution in [0.3, 0.4) is 0 Å². The van der Waals surface area contributed by atoms with Crippen molar-refractivity contribution in [2.45, 2.75) is 32.9 Å². The number of benzene rings is 3. The average Bonchev–Trinajstić information content (AvgIpc) is 2.90. The van der Waals surface area contributed by atoms with Gasteiger partial charge in [-0.1, -0.05) is 66.2 Å². The maximum absolute atomic E-state index is 14.0. The predicted molar refractivity (Wildman–Crippen MR) is 154 cm³/mol. The molecule has 0 aliphatic carbocycles. The minimum atomic E-state index is -3.90. The fourth-order valence-corrected chi connectivity index (χ4v) is 5.28. The van der Waals surface area contributed by atoms with Crippen LogP contribution >= 0.6 is 11.6 Å². The fourth-order valence-electron chi connectivity index (χ4n) is 4.21. The van der Waals surface area contributed by atoms with Gasteiger partial charge in [-0.05, 0) is 49.2 Å². The van der Waals surface area contributed by atoms with Crippen molar-refractivity contribution < 1.29 is 22.7 Å². The summed E-state index contributed by atoms with van der Waals surface area (Å²) in [6.45, 7) is 3.82. The number of sulfonamides is 1. The van der Waals surface area contributed by atoms with E-state index in [4.69, 9.17) is 16.3 Å². The Morgan fingerprint density at radius 1 is 0.949 bits per heavy atom. The van der Waals surface area contributed by atoms with Crippen molar-refractivity contribution >= 4 is 39.1 Å². The zero-order valence-corrected chi connectivity index (χ0v) is 23.9. The zero-order valence-electron chi connectivity index (χ0n) is 22.3. The molecule has 0 unspecified atom stereocenters. The van der Waals surface area contributed by atoms with Crippen LogP contribution in [0.25, 0.3) is 0 Å². The smallest absolute Gasteiger partial charge is 0.244 e. The Hall–Kier alpha value is -3.56. The topological polar surface area (TPSA) is 96.0 Å². The van der Waals surface area contributed by atoms with Crippen molar-refractivity contribution in [3.05, 3.63) is 95.0 Å². The number of amides is 2. The second-order valence-electron chi connectivity index (χ2n) is 8.92. The zero-order chi connectivity index (χ0) is 28.4. The van der Waals surface area contributed by atoms with E-state index in [-0.39, 0.29) is 24.6 Å². The number of anilines is 1. The summed E-state index contributed by atoms with van der Waals surface area (Å²) >= 11 is 6.22. The summed E-state index contributed by atoms with van der Waals surface area (Å²) in [5.41, 5.74) is 1.81. The lowest BCUT2D eigenvalue weighted by molar-refractivity contribution is -0.140. The van der Waals surface area contributed by atoms with Crippen LogP contribution in [0.15, 0.2) is 78.9 Å². The summed E-state index contributed by atoms with van der Waals surface area (Å²) < 4.78 is 32.6. The molecule has 0 radical (unpaired) electrons. The van der Waals surface area contributed by atoms with Gasteiger partial charge in [0.2, 0.25) is 21.8 Å². The van der Waals surface area contributed by atoms with Crippen LogP contribution in [0.1, 0.15) is 25.0 Å². The third-order valence-electron chi connectivity index (χ3n) is 5.98. The number of likely N-dealkylation sites (N-methyl/N-ethyl adjacent to an activating group) is 1. The van der Waals surface area contributed by atoms with Crippen molar-refractivity contribution in [2.24, 2.45) is 0 Å². The lowest BCUT2D eigenvalue weighted by Gasteiger charge is -2.33. The Balaban J connectivity index is 2.06. The Morgan fingerprint density at radius 3 is 2.26 bits per heavy atom. The minimum absolute atomic E-state index is 0.0543. The molecular weight excluding hydrogens is 538 g/mol. The molecule has 0 bridgehead atoms. The Morgan fingerprint density at radius 2 is 1.62 bits per heavy atom. The Labute approximate surface area is 235 Å². The van der Waals surface area contributed by atoms with Crippen molar-refractivity contribution in [3.63, 3.8) is 0 Å². The molecule has 3 aromatic carbocycles. The van der Waals surface area contributed by atoms with Gasteiger partial charge in [-0.3, -0.25) is 13.9 Å². The molecular formula is C29H34ClN3O5S. The lowest BCUT2D eigenvalue weighted by atomic mass is 10.0. The summed E-state index contributed by atoms with van der Waals surface area (Å²) in [7, 11) is -3.90. The van der Waals surface area contributed by atoms with E-state index >= 15 is 0 Å². The van der Waals surface area contributed by atoms with Gasteiger partial charge in [0, 0.05) is 24.5 Å². The number of hydrogen-bond acceptors (Lipinski definition) is 5. The number of halogens is 1. The van der Waals surface area contributed by atoms with Crippen LogP contribution in [-0.2, 0) is 32.6 Å². The molecule has 2 amide bonds. The van der Waals surface area contributed by atoms with Crippen LogP contribution in [0.5, 0.6) is 5.75 Å². The second kappa shape index (κ2) is 14.0. The van der Waals surface area contributed by atoms with Gasteiger partial charge in [0.05, 0.1) is 18.6 Å². The molecule has 39 heavy (non-hydrogen) atoms. The predicted octanol–water partition coefficient (Wildman–Crippen LogP) is 4.28. The summed E-state index contributed by atoms with van der Waals surface area (Å²) in [5, 5.41) is 3.32. The van der Waals surface area contributed by atoms with Crippen molar-refractivity contribution in [1.29, 1.82) is 0 Å². The van der Waals surface area contributed by atoms with E-state index in [0.717, 1.165) is 16.1 Å². The van der Waals surface area contributed by atoms with E-state index in [1.807, 2.05) is 36.4 Å². The number of hydrogen-bond donors (Lipinski definition) is 1. The molecule has 10 heteroatoms. The first-order valence-electron chi connectivity index (χ1n) is 12.7. The largest absolute Gasteiger partial charge is 0.492 e. The van der Waals surface area contributed by atoms with Gasteiger partial charge in [-0.25, -0.2) is 8.42 Å². The molecule has 0 spiro atoms. The number of nitrogens with zero attached hydrogens (tertiary/aromatic N) is 2. The fraction of sp³-hybridized carbons (Fsp3) is 0.310. The van der Waals surface area contributed by atoms with Gasteiger partial charge < -0.3 is 15.0 Å². The third kappa shape index (κ3) is 8.46. The first-order valence-corrected chi connectivity index (χ1v) is 14.9. The number of carbonyl (C=O) groups is 2. The van der Waals surface area contributed by atoms with E-state index in [0.29, 0.717) is 29.5 Å². The van der Waals surface area contributed by atoms with E-state index in [1.165, 1.54) is 4.90 Å². The van der Waals surface area contributed by atoms with E-state index in [2.05, 4.69) is 5.32 Å². The van der Waals surface area contributed by atoms with Gasteiger partial charge in [-0.15, -0.1) is 0 Å². The molecule has 3 rings (SSSR count). The minimum Gasteiger partial charge on any atom is -0.492 e. The number of ether oxygens (including phenoxy) is 1. The van der Waals surface area contributed by atoms with Crippen LogP contribution in [0.4, 0.5) is 5.69 Å². The van der Waals surface area contributed by atoms with Crippen LogP contribution in [0, 0.1) is 0 Å². The monoisotopic (exact) mass is 571 g/mol. The maximum Gasteiger partial charge on any atom is 0.244 e. The van der Waals surface area contributed by atoms with Gasteiger partial charge in [0.25, 0.3) is 0 Å². The molecule has 0 aliphatic heterocycles. The highest BCUT2D eigenvalue weighted by Gasteiger charge is 2.33. The van der Waals surface area contributed by atoms with Gasteiger partial charge in [0.1, 0.15) is 18.3 Å². The van der Waals surface area contributed by atoms with Crippen LogP contribution in [0.2, 0.25) is 5.02 Å². The Bertz CT molecular complexity index is 1370. The summed E-state index contributed by atoms with van der Waals surface area (Å²) in [6, 6.07) is 22.1. The van der Waals surface area contributed by atoms with Gasteiger partial charge in [-0.2, -0.15) is 0 Å². The first-order chi connectivity index (χ1) is 18.6. The second-order valence-corrected chi connectivity index (χ2v) is 11.3. The standard InChI is InChI=1S/C29H34ClN3O5S/c1-4-31-29(35)26(19-22-12-7-6-8-13-22)32(20-23-14-11-15-24(30)18-23)28(34)21-33(39(3,36)37)25-16-9-10-17-27(25)38-5-2/h6-18,26H,4-5,19-21H2,1-3H3,(H,31,35)/t26-/m1/s1. The molecule has 0 aliphatic rings. The van der Waals surface area contributed by atoms with E-state index in [9.17, 15) is 18.0 Å². The van der Waals surface area contributed by atoms with Gasteiger partial charge >= 0.3 is 0 Å². The normalized spacial score (nSPS) is 11.9. The first kappa shape index (κ1) is 30.0. The quantitative estimate of drug-likeness (QED) is 0.330. The molecule has 0 saturated heterocycles. The van der Waals surface area contributed by atoms with Crippen molar-refractivity contribution in [1.82, 2.24) is 10.2 Å². The highest BCUT2D eigenvalue weighted by Crippen LogP contribution is 2.30. The third-order valence-corrected chi connectivity index (χ3v) is 7.34. The number of nitrogens with one attached hydrogen (secondary N) is 1. The lowest BCUT2D eigenvalue weighted by Crippen LogP contribution is -2.53. The number of carbonyl (C=O) groups excluding carboxylic acids is 2. The molecule has 0 saturated carbocycles. The average molecular weight is 572 g/mol. The van der Waals surface area contributed by atoms with Crippen molar-refractivity contribution in [2.75, 3.05) is 30.3 Å². The molecule has 0 fully saturated rings. The summed E-state index contributed by atoms with van der Waals surface area (Å²) in [4.78, 5) is 28.8.